The van der Waals surface area contributed by atoms with Crippen LogP contribution in [0.3, 0.4) is 0 Å². The molecule has 92 valence electrons. The minimum Gasteiger partial charge on any atom is -0.391 e. The summed E-state index contributed by atoms with van der Waals surface area (Å²) in [6, 6.07) is 0. The molecule has 5 heteroatoms. The zero-order chi connectivity index (χ0) is 12.3. The summed E-state index contributed by atoms with van der Waals surface area (Å²) in [4.78, 5) is 12.4. The van der Waals surface area contributed by atoms with E-state index >= 15 is 0 Å². The highest BCUT2D eigenvalue weighted by Gasteiger charge is 2.35. The lowest BCUT2D eigenvalue weighted by Gasteiger charge is -2.30. The first kappa shape index (κ1) is 13.4. The van der Waals surface area contributed by atoms with E-state index in [0.717, 1.165) is 6.42 Å². The van der Waals surface area contributed by atoms with Crippen LogP contribution in [0.15, 0.2) is 0 Å². The lowest BCUT2D eigenvalue weighted by atomic mass is 9.95. The summed E-state index contributed by atoms with van der Waals surface area (Å²) in [7, 11) is 0. The van der Waals surface area contributed by atoms with Crippen LogP contribution in [0.5, 0.6) is 0 Å². The molecule has 4 nitrogen and oxygen atoms in total. The molecule has 0 spiro atoms. The van der Waals surface area contributed by atoms with Crippen molar-refractivity contribution in [3.05, 3.63) is 0 Å². The van der Waals surface area contributed by atoms with Gasteiger partial charge in [-0.05, 0) is 26.7 Å². The molecular formula is C11H20N2O2S. The molecule has 3 N–H and O–H groups in total. The maximum absolute atomic E-state index is 12.0. The van der Waals surface area contributed by atoms with E-state index in [4.69, 9.17) is 22.7 Å². The topological polar surface area (TPSA) is 64.3 Å². The van der Waals surface area contributed by atoms with Crippen LogP contribution >= 0.6 is 12.2 Å². The normalized spacial score (nSPS) is 28.4. The number of nitrogens with two attached hydrogens (primary N) is 1. The Morgan fingerprint density at radius 3 is 2.69 bits per heavy atom. The van der Waals surface area contributed by atoms with Crippen molar-refractivity contribution in [2.75, 3.05) is 6.61 Å². The van der Waals surface area contributed by atoms with Gasteiger partial charge in [-0.1, -0.05) is 19.1 Å². The fourth-order valence-corrected chi connectivity index (χ4v) is 1.96. The van der Waals surface area contributed by atoms with Crippen molar-refractivity contribution in [3.8, 4) is 0 Å². The van der Waals surface area contributed by atoms with Gasteiger partial charge in [0.1, 0.15) is 0 Å². The van der Waals surface area contributed by atoms with E-state index in [2.05, 4.69) is 5.32 Å². The number of ether oxygens (including phenoxy) is 1. The smallest absolute Gasteiger partial charge is 0.226 e. The minimum atomic E-state index is -0.589. The Bertz CT molecular complexity index is 296. The van der Waals surface area contributed by atoms with Crippen LogP contribution in [-0.2, 0) is 9.53 Å². The van der Waals surface area contributed by atoms with E-state index in [1.807, 2.05) is 20.8 Å². The van der Waals surface area contributed by atoms with E-state index in [0.29, 0.717) is 18.0 Å². The SMILES string of the molecule is CCC(C)(NC(=O)C1CCOC1C)C(N)=S. The Morgan fingerprint density at radius 1 is 1.69 bits per heavy atom. The number of nitrogens with one attached hydrogen (secondary N) is 1. The Balaban J connectivity index is 2.65. The Labute approximate surface area is 102 Å². The minimum absolute atomic E-state index is 0.0119. The van der Waals surface area contributed by atoms with Gasteiger partial charge in [0.2, 0.25) is 5.91 Å². The largest absolute Gasteiger partial charge is 0.391 e. The van der Waals surface area contributed by atoms with Crippen LogP contribution in [0, 0.1) is 5.92 Å². The summed E-state index contributed by atoms with van der Waals surface area (Å²) in [5, 5.41) is 2.93. The van der Waals surface area contributed by atoms with E-state index < -0.39 is 5.54 Å². The molecule has 0 aromatic carbocycles. The molecule has 0 aliphatic carbocycles. The lowest BCUT2D eigenvalue weighted by molar-refractivity contribution is -0.127. The maximum atomic E-state index is 12.0. The van der Waals surface area contributed by atoms with Gasteiger partial charge in [-0.3, -0.25) is 4.79 Å². The first-order valence-electron chi connectivity index (χ1n) is 5.64. The van der Waals surface area contributed by atoms with Gasteiger partial charge in [-0.15, -0.1) is 0 Å². The fraction of sp³-hybridized carbons (Fsp3) is 0.818. The van der Waals surface area contributed by atoms with Gasteiger partial charge in [0.25, 0.3) is 0 Å². The number of amides is 1. The van der Waals surface area contributed by atoms with Crippen LogP contribution in [0.1, 0.15) is 33.6 Å². The molecule has 1 saturated heterocycles. The highest BCUT2D eigenvalue weighted by molar-refractivity contribution is 7.80. The van der Waals surface area contributed by atoms with Crippen molar-refractivity contribution in [2.24, 2.45) is 11.7 Å². The summed E-state index contributed by atoms with van der Waals surface area (Å²) in [6.07, 6.45) is 1.44. The van der Waals surface area contributed by atoms with Gasteiger partial charge in [0.15, 0.2) is 0 Å². The second-order valence-corrected chi connectivity index (χ2v) is 4.95. The molecule has 1 heterocycles. The van der Waals surface area contributed by atoms with Gasteiger partial charge < -0.3 is 15.8 Å². The van der Waals surface area contributed by atoms with Gasteiger partial charge in [0, 0.05) is 6.61 Å². The molecule has 0 bridgehead atoms. The van der Waals surface area contributed by atoms with Crippen LogP contribution in [-0.4, -0.2) is 29.1 Å². The highest BCUT2D eigenvalue weighted by Crippen LogP contribution is 2.22. The Hall–Kier alpha value is -0.680. The maximum Gasteiger partial charge on any atom is 0.226 e. The summed E-state index contributed by atoms with van der Waals surface area (Å²) in [6.45, 7) is 6.37. The average molecular weight is 244 g/mol. The number of carbonyl (C=O) groups excluding carboxylic acids is 1. The molecule has 0 saturated carbocycles. The van der Waals surface area contributed by atoms with E-state index in [1.165, 1.54) is 0 Å². The van der Waals surface area contributed by atoms with Crippen LogP contribution < -0.4 is 11.1 Å². The van der Waals surface area contributed by atoms with Gasteiger partial charge in [-0.2, -0.15) is 0 Å². The van der Waals surface area contributed by atoms with Gasteiger partial charge >= 0.3 is 0 Å². The summed E-state index contributed by atoms with van der Waals surface area (Å²) < 4.78 is 5.37. The molecule has 1 aliphatic heterocycles. The van der Waals surface area contributed by atoms with Crippen LogP contribution in [0.25, 0.3) is 0 Å². The van der Waals surface area contributed by atoms with Crippen LogP contribution in [0.4, 0.5) is 0 Å². The molecule has 0 radical (unpaired) electrons. The van der Waals surface area contributed by atoms with E-state index in [1.54, 1.807) is 0 Å². The van der Waals surface area contributed by atoms with E-state index in [-0.39, 0.29) is 17.9 Å². The first-order valence-corrected chi connectivity index (χ1v) is 6.05. The third-order valence-corrected chi connectivity index (χ3v) is 3.81. The van der Waals surface area contributed by atoms with Crippen molar-refractivity contribution in [1.82, 2.24) is 5.32 Å². The monoisotopic (exact) mass is 244 g/mol. The van der Waals surface area contributed by atoms with Gasteiger partial charge in [0.05, 0.1) is 22.5 Å². The average Bonchev–Trinajstić information content (AvgIpc) is 2.64. The number of rotatable bonds is 4. The van der Waals surface area contributed by atoms with Crippen molar-refractivity contribution in [1.29, 1.82) is 0 Å². The summed E-state index contributed by atoms with van der Waals surface area (Å²) in [5.41, 5.74) is 5.06. The quantitative estimate of drug-likeness (QED) is 0.724. The molecule has 1 fully saturated rings. The molecule has 3 atom stereocenters. The van der Waals surface area contributed by atoms with Crippen molar-refractivity contribution in [3.63, 3.8) is 0 Å². The zero-order valence-electron chi connectivity index (χ0n) is 10.1. The molecule has 0 aromatic rings. The standard InChI is InChI=1S/C11H20N2O2S/c1-4-11(3,10(12)16)13-9(14)8-5-6-15-7(8)2/h7-8H,4-6H2,1-3H3,(H2,12,16)(H,13,14). The molecule has 1 rings (SSSR count). The van der Waals surface area contributed by atoms with Crippen molar-refractivity contribution < 1.29 is 9.53 Å². The Morgan fingerprint density at radius 2 is 2.31 bits per heavy atom. The van der Waals surface area contributed by atoms with Gasteiger partial charge in [-0.25, -0.2) is 0 Å². The van der Waals surface area contributed by atoms with E-state index in [9.17, 15) is 4.79 Å². The summed E-state index contributed by atoms with van der Waals surface area (Å²) >= 11 is 4.98. The number of carbonyl (C=O) groups is 1. The highest BCUT2D eigenvalue weighted by atomic mass is 32.1. The van der Waals surface area contributed by atoms with Crippen LogP contribution in [0.2, 0.25) is 0 Å². The zero-order valence-corrected chi connectivity index (χ0v) is 10.9. The lowest BCUT2D eigenvalue weighted by Crippen LogP contribution is -2.56. The van der Waals surface area contributed by atoms with Crippen molar-refractivity contribution in [2.45, 2.75) is 45.3 Å². The molecule has 16 heavy (non-hydrogen) atoms. The first-order chi connectivity index (χ1) is 7.40. The summed E-state index contributed by atoms with van der Waals surface area (Å²) in [5.74, 6) is -0.0950. The predicted octanol–water partition coefficient (Wildman–Crippen LogP) is 0.982. The third-order valence-electron chi connectivity index (χ3n) is 3.36. The Kier molecular flexibility index (Phi) is 4.27. The third kappa shape index (κ3) is 2.71. The second-order valence-electron chi connectivity index (χ2n) is 4.51. The molecule has 3 unspecified atom stereocenters. The molecule has 0 aromatic heterocycles. The second kappa shape index (κ2) is 5.10. The molecule has 1 aliphatic rings. The fourth-order valence-electron chi connectivity index (χ4n) is 1.76. The molecule has 1 amide bonds. The predicted molar refractivity (Wildman–Crippen MR) is 67.1 cm³/mol. The number of thiocarbonyl (C=S) groups is 1. The number of hydrogen-bond acceptors (Lipinski definition) is 3. The van der Waals surface area contributed by atoms with Crippen molar-refractivity contribution >= 4 is 23.1 Å². The number of hydrogen-bond donors (Lipinski definition) is 2. The molecular weight excluding hydrogens is 224 g/mol.